The summed E-state index contributed by atoms with van der Waals surface area (Å²) >= 11 is 0. The highest BCUT2D eigenvalue weighted by Gasteiger charge is 1.72. The molecular weight excluding hydrogens is 89.8 g/mol. The molecule has 0 aliphatic carbocycles. The highest BCUT2D eigenvalue weighted by atomic mass is 31.2. The molecule has 0 rings (SSSR count). The summed E-state index contributed by atoms with van der Waals surface area (Å²) in [5.41, 5.74) is 0. The van der Waals surface area contributed by atoms with Gasteiger partial charge in [0.1, 0.15) is 0 Å². The van der Waals surface area contributed by atoms with Crippen LogP contribution in [0.5, 0.6) is 0 Å². The van der Waals surface area contributed by atoms with E-state index in [0.717, 1.165) is 0 Å². The van der Waals surface area contributed by atoms with Crippen molar-refractivity contribution < 1.29 is 14.4 Å². The normalized spacial score (nSPS) is 11.8. The summed E-state index contributed by atoms with van der Waals surface area (Å²) in [6, 6.07) is 0. The zero-order valence-electron chi connectivity index (χ0n) is 2.33. The Kier molecular flexibility index (Phi) is 1.18. The summed E-state index contributed by atoms with van der Waals surface area (Å²) in [6.45, 7) is 0. The Morgan fingerprint density at radius 3 is 1.60 bits per heavy atom. The van der Waals surface area contributed by atoms with E-state index in [1.54, 1.807) is 0 Å². The van der Waals surface area contributed by atoms with Gasteiger partial charge in [0.05, 0.1) is 0 Å². The Labute approximate surface area is 30.5 Å². The summed E-state index contributed by atoms with van der Waals surface area (Å²) in [6.07, 6.45) is 0. The van der Waals surface area contributed by atoms with Crippen molar-refractivity contribution in [1.82, 2.24) is 0 Å². The lowest BCUT2D eigenvalue weighted by Crippen LogP contribution is -1.67. The van der Waals surface area contributed by atoms with E-state index in [1.807, 2.05) is 0 Å². The quantitative estimate of drug-likeness (QED) is 0.305. The van der Waals surface area contributed by atoms with E-state index in [-0.39, 0.29) is 0 Å². The molecule has 0 aromatic heterocycles. The molecule has 0 aromatic rings. The van der Waals surface area contributed by atoms with Gasteiger partial charge in [0.15, 0.2) is 0 Å². The summed E-state index contributed by atoms with van der Waals surface area (Å²) in [4.78, 5) is 14.8. The van der Waals surface area contributed by atoms with Crippen molar-refractivity contribution in [3.05, 3.63) is 0 Å². The predicted octanol–water partition coefficient (Wildman–Crippen LogP) is -0.752. The number of rotatable bonds is 0. The molecule has 5 heteroatoms. The maximum atomic E-state index is 9.10. The fraction of sp³-hybridized carbons (Fsp3) is 0. The van der Waals surface area contributed by atoms with Gasteiger partial charge in [0, 0.05) is 7.47 Å². The standard InChI is InChI=1S/BH2O3P/c1-5(2,3)4/h(H2,2,3,4)/q-1. The van der Waals surface area contributed by atoms with Crippen molar-refractivity contribution in [1.29, 1.82) is 0 Å². The third-order valence-electron chi connectivity index (χ3n) is 0. The van der Waals surface area contributed by atoms with E-state index in [4.69, 9.17) is 14.4 Å². The molecule has 0 aliphatic rings. The molecule has 0 saturated carbocycles. The minimum atomic E-state index is -4.14. The molecule has 3 nitrogen and oxygen atoms in total. The second-order valence-corrected chi connectivity index (χ2v) is 1.77. The predicted molar refractivity (Wildman–Crippen MR) is 17.8 cm³/mol. The molecule has 0 bridgehead atoms. The van der Waals surface area contributed by atoms with Crippen LogP contribution in [0.1, 0.15) is 0 Å². The minimum absolute atomic E-state index is 4.02. The smallest absolute Gasteiger partial charge is 0.0480 e. The Hall–Kier alpha value is 0.215. The molecule has 0 spiro atoms. The van der Waals surface area contributed by atoms with Crippen LogP contribution in [0.25, 0.3) is 0 Å². The van der Waals surface area contributed by atoms with Crippen molar-refractivity contribution in [3.8, 4) is 0 Å². The lowest BCUT2D eigenvalue weighted by atomic mass is 10.8. The van der Waals surface area contributed by atoms with Gasteiger partial charge in [-0.25, -0.2) is 0 Å². The summed E-state index contributed by atoms with van der Waals surface area (Å²) in [5.74, 6) is 0. The van der Waals surface area contributed by atoms with Crippen LogP contribution in [0, 0.1) is 0 Å². The maximum Gasteiger partial charge on any atom is 0.0480 e. The zero-order chi connectivity index (χ0) is 4.50. The van der Waals surface area contributed by atoms with E-state index in [2.05, 4.69) is 7.57 Å². The highest BCUT2D eigenvalue weighted by Crippen LogP contribution is 2.24. The van der Waals surface area contributed by atoms with Gasteiger partial charge in [-0.15, -0.1) is 0 Å². The van der Waals surface area contributed by atoms with Gasteiger partial charge in [0.25, 0.3) is 0 Å². The lowest BCUT2D eigenvalue weighted by molar-refractivity contribution is 0.395. The van der Waals surface area contributed by atoms with Crippen molar-refractivity contribution in [2.75, 3.05) is 0 Å². The molecule has 2 N–H and O–H groups in total. The fourth-order valence-electron chi connectivity index (χ4n) is 0. The number of hydrogen-bond acceptors (Lipinski definition) is 1. The van der Waals surface area contributed by atoms with E-state index in [0.29, 0.717) is 0 Å². The SMILES string of the molecule is [B-]P(=O)(O)O. The molecular formula is H2BO3P-. The van der Waals surface area contributed by atoms with Crippen LogP contribution in [-0.4, -0.2) is 17.4 Å². The van der Waals surface area contributed by atoms with Crippen LogP contribution in [0.15, 0.2) is 0 Å². The first kappa shape index (κ1) is 5.21. The van der Waals surface area contributed by atoms with Gasteiger partial charge in [-0.1, -0.05) is 0 Å². The second-order valence-electron chi connectivity index (χ2n) is 0.589. The van der Waals surface area contributed by atoms with E-state index in [9.17, 15) is 0 Å². The Morgan fingerprint density at radius 2 is 1.60 bits per heavy atom. The first-order chi connectivity index (χ1) is 2.00. The largest absolute Gasteiger partial charge is 0.445 e. The Balaban J connectivity index is 3.47. The first-order valence-corrected chi connectivity index (χ1v) is 2.52. The van der Waals surface area contributed by atoms with Crippen LogP contribution >= 0.6 is 7.47 Å². The van der Waals surface area contributed by atoms with Crippen LogP contribution in [-0.2, 0) is 4.57 Å². The second kappa shape index (κ2) is 1.13. The number of hydrogen-bond donors (Lipinski definition) is 2. The highest BCUT2D eigenvalue weighted by molar-refractivity contribution is 7.77. The van der Waals surface area contributed by atoms with Gasteiger partial charge in [-0.3, -0.25) is 0 Å². The molecule has 3 radical (unpaired) electrons. The Bertz CT molecular complexity index is 53.0. The van der Waals surface area contributed by atoms with E-state index >= 15 is 0 Å². The zero-order valence-corrected chi connectivity index (χ0v) is 3.22. The summed E-state index contributed by atoms with van der Waals surface area (Å²) < 4.78 is 9.10. The van der Waals surface area contributed by atoms with Crippen LogP contribution in [0.2, 0.25) is 0 Å². The topological polar surface area (TPSA) is 57.5 Å². The van der Waals surface area contributed by atoms with Crippen molar-refractivity contribution >= 4 is 15.0 Å². The van der Waals surface area contributed by atoms with Crippen LogP contribution in [0.4, 0.5) is 0 Å². The molecule has 0 unspecified atom stereocenters. The third-order valence-corrected chi connectivity index (χ3v) is 0. The average Bonchev–Trinajstić information content (AvgIpc) is 0.722. The fourth-order valence-corrected chi connectivity index (χ4v) is 0. The van der Waals surface area contributed by atoms with Gasteiger partial charge in [-0.05, 0) is 0 Å². The van der Waals surface area contributed by atoms with Crippen LogP contribution < -0.4 is 0 Å². The Morgan fingerprint density at radius 1 is 1.60 bits per heavy atom. The van der Waals surface area contributed by atoms with Gasteiger partial charge in [-0.2, -0.15) is 0 Å². The van der Waals surface area contributed by atoms with E-state index < -0.39 is 7.47 Å². The average molecular weight is 91.8 g/mol. The maximum absolute atomic E-state index is 9.10. The van der Waals surface area contributed by atoms with Gasteiger partial charge < -0.3 is 21.9 Å². The monoisotopic (exact) mass is 92.0 g/mol. The molecule has 0 saturated heterocycles. The van der Waals surface area contributed by atoms with Crippen molar-refractivity contribution in [2.24, 2.45) is 0 Å². The summed E-state index contributed by atoms with van der Waals surface area (Å²) in [5, 5.41) is 0. The molecule has 0 aliphatic heterocycles. The van der Waals surface area contributed by atoms with Crippen molar-refractivity contribution in [2.45, 2.75) is 0 Å². The van der Waals surface area contributed by atoms with E-state index in [1.165, 1.54) is 0 Å². The van der Waals surface area contributed by atoms with Gasteiger partial charge >= 0.3 is 0 Å². The molecule has 5 heavy (non-hydrogen) atoms. The molecule has 29 valence electrons. The molecule has 0 fully saturated rings. The molecule has 0 aromatic carbocycles. The molecule has 0 amide bonds. The van der Waals surface area contributed by atoms with Crippen LogP contribution in [0.3, 0.4) is 0 Å². The molecule has 0 heterocycles. The van der Waals surface area contributed by atoms with Gasteiger partial charge in [0.2, 0.25) is 0 Å². The minimum Gasteiger partial charge on any atom is -0.445 e. The third kappa shape index (κ3) is 448. The lowest BCUT2D eigenvalue weighted by Gasteiger charge is -2.05. The summed E-state index contributed by atoms with van der Waals surface area (Å²) in [7, 11) is -0.118. The van der Waals surface area contributed by atoms with Crippen molar-refractivity contribution in [3.63, 3.8) is 0 Å². The first-order valence-electron chi connectivity index (χ1n) is 0.841. The molecule has 0 atom stereocenters.